The van der Waals surface area contributed by atoms with Crippen LogP contribution in [0.25, 0.3) is 16.9 Å². The summed E-state index contributed by atoms with van der Waals surface area (Å²) in [6, 6.07) is 1.64. The molecule has 5 rings (SSSR count). The third-order valence-electron chi connectivity index (χ3n) is 7.93. The fourth-order valence-corrected chi connectivity index (χ4v) is 6.23. The second kappa shape index (κ2) is 9.14. The van der Waals surface area contributed by atoms with Gasteiger partial charge in [-0.15, -0.1) is 0 Å². The molecule has 0 saturated heterocycles. The Balaban J connectivity index is 1.70. The van der Waals surface area contributed by atoms with Crippen LogP contribution in [-0.4, -0.2) is 75.1 Å². The Labute approximate surface area is 228 Å². The molecule has 4 atom stereocenters. The number of Topliss-reactive ketones (excluding diaryl/α,β-unsaturated/α-hetero) is 1. The zero-order valence-electron chi connectivity index (χ0n) is 22.3. The van der Waals surface area contributed by atoms with Gasteiger partial charge >= 0.3 is 0 Å². The van der Waals surface area contributed by atoms with Crippen molar-refractivity contribution in [1.82, 2.24) is 4.90 Å². The highest BCUT2D eigenvalue weighted by atomic mass is 16.5. The molecule has 2 aromatic rings. The minimum absolute atomic E-state index is 0.0179. The number of carbonyl (C=O) groups excluding carboxylic acids is 2. The van der Waals surface area contributed by atoms with E-state index in [9.17, 15) is 39.6 Å². The molecular formula is C28H29N3O9. The molecule has 2 aromatic carbocycles. The van der Waals surface area contributed by atoms with Crippen molar-refractivity contribution in [2.45, 2.75) is 44.4 Å². The van der Waals surface area contributed by atoms with Crippen LogP contribution in [0.2, 0.25) is 0 Å². The Morgan fingerprint density at radius 2 is 1.80 bits per heavy atom. The minimum atomic E-state index is -2.33. The number of hydrogen-bond donors (Lipinski definition) is 5. The quantitative estimate of drug-likeness (QED) is 0.325. The molecule has 0 bridgehead atoms. The number of rotatable bonds is 5. The van der Waals surface area contributed by atoms with E-state index in [0.29, 0.717) is 5.56 Å². The second-order valence-corrected chi connectivity index (χ2v) is 10.9. The van der Waals surface area contributed by atoms with Gasteiger partial charge in [-0.2, -0.15) is 0 Å². The van der Waals surface area contributed by atoms with Gasteiger partial charge < -0.3 is 30.9 Å². The molecule has 3 aliphatic rings. The highest BCUT2D eigenvalue weighted by Gasteiger charge is 2.58. The number of amides is 1. The average Bonchev–Trinajstić information content (AvgIpc) is 2.98. The lowest BCUT2D eigenvalue weighted by molar-refractivity contribution is -0.137. The number of phenols is 1. The largest absolute Gasteiger partial charge is 0.508 e. The van der Waals surface area contributed by atoms with Crippen molar-refractivity contribution < 1.29 is 34.8 Å². The van der Waals surface area contributed by atoms with Gasteiger partial charge in [-0.3, -0.25) is 24.1 Å². The molecule has 0 radical (unpaired) electrons. The van der Waals surface area contributed by atoms with Crippen molar-refractivity contribution in [3.63, 3.8) is 0 Å². The van der Waals surface area contributed by atoms with Crippen molar-refractivity contribution in [3.8, 4) is 22.6 Å². The molecule has 40 heavy (non-hydrogen) atoms. The van der Waals surface area contributed by atoms with Gasteiger partial charge in [0.25, 0.3) is 11.3 Å². The average molecular weight is 552 g/mol. The number of carbonyl (C=O) groups is 2. The molecule has 1 saturated carbocycles. The van der Waals surface area contributed by atoms with E-state index < -0.39 is 69.3 Å². The van der Waals surface area contributed by atoms with E-state index in [0.717, 1.165) is 6.21 Å². The SMILES string of the molecule is CC(C)Oc1c(-c2ccc(O)c3c2C[C@H]2C[C@H]4[C@H](N(C)C)C(O)=C(C(N)=O)N=C[C@@]4(O)C(=O)C2=C3O)c(=O)c1=O. The number of fused-ring (bicyclic) bond motifs is 3. The van der Waals surface area contributed by atoms with Crippen LogP contribution in [0.15, 0.2) is 43.7 Å². The predicted molar refractivity (Wildman–Crippen MR) is 144 cm³/mol. The van der Waals surface area contributed by atoms with Crippen molar-refractivity contribution >= 4 is 23.7 Å². The zero-order valence-corrected chi connectivity index (χ0v) is 22.3. The number of aliphatic hydroxyl groups excluding tert-OH is 2. The smallest absolute Gasteiger partial charge is 0.270 e. The molecule has 1 fully saturated rings. The Hall–Kier alpha value is -4.29. The van der Waals surface area contributed by atoms with Crippen LogP contribution >= 0.6 is 0 Å². The van der Waals surface area contributed by atoms with Crippen LogP contribution in [0.1, 0.15) is 31.4 Å². The van der Waals surface area contributed by atoms with Crippen molar-refractivity contribution in [3.05, 3.63) is 60.7 Å². The molecule has 0 aromatic heterocycles. The predicted octanol–water partition coefficient (Wildman–Crippen LogP) is 0.473. The number of nitrogens with zero attached hydrogens (tertiary/aromatic N) is 2. The van der Waals surface area contributed by atoms with Crippen molar-refractivity contribution in [2.24, 2.45) is 22.6 Å². The van der Waals surface area contributed by atoms with Crippen LogP contribution in [-0.2, 0) is 16.0 Å². The summed E-state index contributed by atoms with van der Waals surface area (Å²) in [5.41, 5.74) is 1.37. The van der Waals surface area contributed by atoms with E-state index in [1.165, 1.54) is 17.0 Å². The van der Waals surface area contributed by atoms with Crippen LogP contribution in [0.5, 0.6) is 11.5 Å². The first-order chi connectivity index (χ1) is 18.7. The number of nitrogens with two attached hydrogens (primary N) is 1. The Morgan fingerprint density at radius 1 is 1.12 bits per heavy atom. The minimum Gasteiger partial charge on any atom is -0.508 e. The van der Waals surface area contributed by atoms with Crippen LogP contribution in [0.3, 0.4) is 0 Å². The number of primary amides is 1. The fraction of sp³-hybridized carbons (Fsp3) is 0.393. The molecule has 6 N–H and O–H groups in total. The third kappa shape index (κ3) is 3.70. The second-order valence-electron chi connectivity index (χ2n) is 10.9. The molecule has 2 aliphatic carbocycles. The van der Waals surface area contributed by atoms with Gasteiger partial charge in [0.2, 0.25) is 5.43 Å². The highest BCUT2D eigenvalue weighted by molar-refractivity contribution is 6.18. The van der Waals surface area contributed by atoms with Gasteiger partial charge in [-0.05, 0) is 63.9 Å². The fourth-order valence-electron chi connectivity index (χ4n) is 6.23. The number of likely N-dealkylation sites (N-methyl/N-ethyl adjacent to an activating group) is 1. The van der Waals surface area contributed by atoms with Crippen LogP contribution in [0.4, 0.5) is 0 Å². The monoisotopic (exact) mass is 551 g/mol. The molecule has 12 heteroatoms. The first-order valence-corrected chi connectivity index (χ1v) is 12.7. The first-order valence-electron chi connectivity index (χ1n) is 12.7. The van der Waals surface area contributed by atoms with E-state index in [1.54, 1.807) is 27.9 Å². The first kappa shape index (κ1) is 27.3. The molecule has 0 spiro atoms. The third-order valence-corrected chi connectivity index (χ3v) is 7.93. The maximum Gasteiger partial charge on any atom is 0.270 e. The summed E-state index contributed by atoms with van der Waals surface area (Å²) in [5, 5.41) is 44.8. The Bertz CT molecular complexity index is 1640. The maximum absolute atomic E-state index is 13.9. The molecule has 210 valence electrons. The maximum atomic E-state index is 13.9. The van der Waals surface area contributed by atoms with Crippen LogP contribution in [0, 0.1) is 11.8 Å². The normalized spacial score (nSPS) is 26.2. The molecule has 1 heterocycles. The van der Waals surface area contributed by atoms with E-state index in [2.05, 4.69) is 4.99 Å². The number of ketones is 1. The van der Waals surface area contributed by atoms with Gasteiger partial charge in [0.05, 0.1) is 23.3 Å². The number of aliphatic imine (C=N–C) groups is 1. The number of aliphatic hydroxyl groups is 3. The van der Waals surface area contributed by atoms with Crippen molar-refractivity contribution in [2.75, 3.05) is 14.1 Å². The van der Waals surface area contributed by atoms with Gasteiger partial charge in [-0.1, -0.05) is 6.07 Å². The zero-order chi connectivity index (χ0) is 29.4. The standard InChI is InChI=1S/C28H29N3O9/c1-10(2)40-25-18(22(34)24(25)36)12-5-6-15(32)17-13(12)7-11-8-14-20(31(3)4)23(35)19(27(29)38)30-9-28(14,39)26(37)16(11)21(17)33/h5-6,9-11,14,20,32-33,35,39H,7-8H2,1-4H3,(H2,29,38)/t11-,14-,20-,28-/m0/s1. The van der Waals surface area contributed by atoms with E-state index in [-0.39, 0.29) is 46.6 Å². The summed E-state index contributed by atoms with van der Waals surface area (Å²) < 4.78 is 5.58. The van der Waals surface area contributed by atoms with Gasteiger partial charge in [0, 0.05) is 17.7 Å². The molecular weight excluding hydrogens is 522 g/mol. The summed E-state index contributed by atoms with van der Waals surface area (Å²) >= 11 is 0. The summed E-state index contributed by atoms with van der Waals surface area (Å²) in [6.45, 7) is 3.40. The van der Waals surface area contributed by atoms with Crippen LogP contribution < -0.4 is 21.3 Å². The number of phenolic OH excluding ortho intramolecular Hbond substituents is 1. The summed E-state index contributed by atoms with van der Waals surface area (Å²) in [6.07, 6.45) is 0.541. The van der Waals surface area contributed by atoms with Gasteiger partial charge in [0.15, 0.2) is 22.8 Å². The van der Waals surface area contributed by atoms with Gasteiger partial charge in [-0.25, -0.2) is 4.99 Å². The van der Waals surface area contributed by atoms with E-state index >= 15 is 0 Å². The molecule has 1 aliphatic heterocycles. The molecule has 0 unspecified atom stereocenters. The Kier molecular flexibility index (Phi) is 6.23. The van der Waals surface area contributed by atoms with E-state index in [4.69, 9.17) is 10.5 Å². The number of ether oxygens (including phenoxy) is 1. The summed E-state index contributed by atoms with van der Waals surface area (Å²) in [4.78, 5) is 56.2. The molecule has 12 nitrogen and oxygen atoms in total. The lowest BCUT2D eigenvalue weighted by Crippen LogP contribution is -2.60. The van der Waals surface area contributed by atoms with E-state index in [1.807, 2.05) is 0 Å². The number of hydrogen-bond acceptors (Lipinski definition) is 11. The topological polar surface area (TPSA) is 200 Å². The lowest BCUT2D eigenvalue weighted by atomic mass is 9.61. The summed E-state index contributed by atoms with van der Waals surface area (Å²) in [7, 11) is 3.18. The van der Waals surface area contributed by atoms with Gasteiger partial charge in [0.1, 0.15) is 17.3 Å². The molecule has 1 amide bonds. The summed E-state index contributed by atoms with van der Waals surface area (Å²) in [5.74, 6) is -5.29. The highest BCUT2D eigenvalue weighted by Crippen LogP contribution is 2.51. The number of benzene rings is 1. The van der Waals surface area contributed by atoms with Crippen molar-refractivity contribution in [1.29, 1.82) is 0 Å². The Morgan fingerprint density at radius 3 is 2.40 bits per heavy atom. The number of aromatic hydroxyl groups is 1. The lowest BCUT2D eigenvalue weighted by Gasteiger charge is -2.46.